The highest BCUT2D eigenvalue weighted by Crippen LogP contribution is 2.43. The van der Waals surface area contributed by atoms with Gasteiger partial charge in [0.1, 0.15) is 15.0 Å². The van der Waals surface area contributed by atoms with Crippen molar-refractivity contribution in [2.45, 2.75) is 76.1 Å². The molecule has 0 saturated carbocycles. The number of nitrogens with zero attached hydrogens (tertiary/aromatic N) is 6. The molecule has 5 N–H and O–H groups in total. The van der Waals surface area contributed by atoms with Crippen molar-refractivity contribution >= 4 is 80.2 Å². The van der Waals surface area contributed by atoms with Crippen LogP contribution in [-0.4, -0.2) is 97.5 Å². The number of rotatable bonds is 12. The lowest BCUT2D eigenvalue weighted by Gasteiger charge is -2.19. The number of nitrogens with one attached hydrogen (secondary N) is 2. The Balaban J connectivity index is 0.000000145. The van der Waals surface area contributed by atoms with E-state index in [9.17, 15) is 29.7 Å². The lowest BCUT2D eigenvalue weighted by Crippen LogP contribution is -2.15. The number of aliphatic hydroxyl groups excluding tert-OH is 2. The summed E-state index contributed by atoms with van der Waals surface area (Å²) >= 11 is 4.54. The smallest absolute Gasteiger partial charge is 0.336 e. The zero-order valence-corrected chi connectivity index (χ0v) is 47.9. The van der Waals surface area contributed by atoms with Crippen LogP contribution in [-0.2, 0) is 24.0 Å². The first-order chi connectivity index (χ1) is 38.1. The molecule has 0 bridgehead atoms. The number of aliphatic hydroxyl groups is 2. The average molecular weight is 1120 g/mol. The molecule has 0 saturated heterocycles. The fourth-order valence-electron chi connectivity index (χ4n) is 9.73. The zero-order chi connectivity index (χ0) is 55.9. The minimum Gasteiger partial charge on any atom is -0.478 e. The molecule has 410 valence electrons. The van der Waals surface area contributed by atoms with Crippen LogP contribution in [0.1, 0.15) is 120 Å². The van der Waals surface area contributed by atoms with Crippen LogP contribution in [0, 0.1) is 0 Å². The number of amides is 2. The highest BCUT2D eigenvalue weighted by molar-refractivity contribution is 7.16. The molecule has 0 radical (unpaired) electrons. The third-order valence-corrected chi connectivity index (χ3v) is 17.7. The van der Waals surface area contributed by atoms with Gasteiger partial charge in [0, 0.05) is 94.5 Å². The molecule has 0 spiro atoms. The molecule has 0 aliphatic heterocycles. The highest BCUT2D eigenvalue weighted by Gasteiger charge is 2.29. The molecule has 2 amide bonds. The van der Waals surface area contributed by atoms with Crippen molar-refractivity contribution in [3.8, 4) is 31.7 Å². The number of methoxy groups -OCH3 is 1. The number of carbonyl (C=O) groups is 3. The molecule has 3 unspecified atom stereocenters. The van der Waals surface area contributed by atoms with Crippen molar-refractivity contribution in [3.05, 3.63) is 164 Å². The minimum atomic E-state index is -0.965. The number of hydrogen-bond donors (Lipinski definition) is 5. The molecule has 79 heavy (non-hydrogen) atoms. The van der Waals surface area contributed by atoms with Crippen molar-refractivity contribution in [2.75, 3.05) is 74.7 Å². The third kappa shape index (κ3) is 13.1. The second kappa shape index (κ2) is 25.2. The summed E-state index contributed by atoms with van der Waals surface area (Å²) in [6.45, 7) is 0. The molecule has 18 heteroatoms. The highest BCUT2D eigenvalue weighted by atomic mass is 32.1. The van der Waals surface area contributed by atoms with Gasteiger partial charge in [0.2, 0.25) is 0 Å². The van der Waals surface area contributed by atoms with Crippen molar-refractivity contribution in [3.63, 3.8) is 0 Å². The Bertz CT molecular complexity index is 3450. The zero-order valence-electron chi connectivity index (χ0n) is 45.4. The van der Waals surface area contributed by atoms with Crippen LogP contribution in [0.15, 0.2) is 115 Å². The van der Waals surface area contributed by atoms with Gasteiger partial charge in [-0.05, 0) is 137 Å². The van der Waals surface area contributed by atoms with Gasteiger partial charge in [0.15, 0.2) is 0 Å². The number of hydrogen-bond acceptors (Lipinski definition) is 15. The first-order valence-electron chi connectivity index (χ1n) is 26.4. The van der Waals surface area contributed by atoms with E-state index >= 15 is 0 Å². The lowest BCUT2D eigenvalue weighted by molar-refractivity contribution is 0.0697. The Hall–Kier alpha value is -7.32. The summed E-state index contributed by atoms with van der Waals surface area (Å²) < 4.78 is 5.66. The van der Waals surface area contributed by atoms with E-state index in [1.807, 2.05) is 160 Å². The van der Waals surface area contributed by atoms with Crippen LogP contribution in [0.2, 0.25) is 0 Å². The number of carboxylic acid groups (broad SMARTS) is 1. The molecule has 8 aromatic rings. The Morgan fingerprint density at radius 2 is 0.861 bits per heavy atom. The Kier molecular flexibility index (Phi) is 18.0. The van der Waals surface area contributed by atoms with Gasteiger partial charge in [0.25, 0.3) is 11.8 Å². The predicted octanol–water partition coefficient (Wildman–Crippen LogP) is 12.6. The monoisotopic (exact) mass is 1120 g/mol. The molecule has 3 heterocycles. The average Bonchev–Trinajstić information content (AvgIpc) is 4.26. The Morgan fingerprint density at radius 1 is 0.506 bits per heavy atom. The summed E-state index contributed by atoms with van der Waals surface area (Å²) in [6, 6.07) is 36.1. The topological polar surface area (TPSA) is 194 Å². The number of carbonyl (C=O) groups excluding carboxylic acids is 2. The second-order valence-corrected chi connectivity index (χ2v) is 23.3. The number of fused-ring (bicyclic) bond motifs is 3. The summed E-state index contributed by atoms with van der Waals surface area (Å²) in [5.74, 6) is -1.27. The quantitative estimate of drug-likeness (QED) is 0.0776. The first-order valence-corrected chi connectivity index (χ1v) is 28.8. The molecule has 5 aromatic carbocycles. The van der Waals surface area contributed by atoms with Gasteiger partial charge in [0.05, 0.1) is 66.7 Å². The van der Waals surface area contributed by atoms with Crippen LogP contribution in [0.3, 0.4) is 0 Å². The Labute approximate surface area is 473 Å². The maximum atomic E-state index is 13.2. The molecule has 15 nitrogen and oxygen atoms in total. The summed E-state index contributed by atoms with van der Waals surface area (Å²) in [5.41, 5.74) is 11.0. The number of para-hydroxylation sites is 2. The van der Waals surface area contributed by atoms with Crippen LogP contribution >= 0.6 is 34.0 Å². The molecule has 3 aromatic heterocycles. The van der Waals surface area contributed by atoms with Gasteiger partial charge < -0.3 is 45.4 Å². The van der Waals surface area contributed by atoms with E-state index < -0.39 is 18.2 Å². The van der Waals surface area contributed by atoms with Crippen LogP contribution < -0.4 is 25.3 Å². The van der Waals surface area contributed by atoms with E-state index in [0.717, 1.165) is 134 Å². The van der Waals surface area contributed by atoms with E-state index in [-0.39, 0.29) is 23.5 Å². The van der Waals surface area contributed by atoms with Crippen molar-refractivity contribution in [1.82, 2.24) is 15.0 Å². The maximum absolute atomic E-state index is 13.2. The summed E-state index contributed by atoms with van der Waals surface area (Å²) in [5, 5.41) is 38.2. The van der Waals surface area contributed by atoms with Crippen molar-refractivity contribution < 1.29 is 34.4 Å². The van der Waals surface area contributed by atoms with E-state index in [2.05, 4.69) is 15.6 Å². The first kappa shape index (κ1) is 56.4. The molecular formula is C61H66N8O7S3. The van der Waals surface area contributed by atoms with Gasteiger partial charge in [-0.25, -0.2) is 19.7 Å². The largest absolute Gasteiger partial charge is 0.478 e. The van der Waals surface area contributed by atoms with Crippen LogP contribution in [0.25, 0.3) is 31.7 Å². The SMILES string of the molecule is CN(C)c1ccc(-c2nc3c(s2)C(O)CCC3)c(C(=O)Nc2ccccc2)c1.CN(C)c1ccc(-c2nc3c(s2)C(O)CCC3)c(C(=O)O)c1.COC1CCCc2nc(-c3ccc(N(C)C)cc3C(=O)Nc3ccccc3)sc21. The van der Waals surface area contributed by atoms with Crippen molar-refractivity contribution in [2.24, 2.45) is 0 Å². The number of aromatic nitrogens is 3. The molecular weight excluding hydrogens is 1050 g/mol. The number of benzene rings is 5. The van der Waals surface area contributed by atoms with E-state index in [1.54, 1.807) is 30.6 Å². The summed E-state index contributed by atoms with van der Waals surface area (Å²) in [4.78, 5) is 60.9. The predicted molar refractivity (Wildman–Crippen MR) is 320 cm³/mol. The van der Waals surface area contributed by atoms with E-state index in [0.29, 0.717) is 21.7 Å². The number of aromatic carboxylic acids is 1. The molecule has 3 aliphatic carbocycles. The number of thiazole rings is 3. The van der Waals surface area contributed by atoms with Crippen LogP contribution in [0.5, 0.6) is 0 Å². The second-order valence-electron chi connectivity index (χ2n) is 20.2. The number of ether oxygens (including phenoxy) is 1. The third-order valence-electron chi connectivity index (χ3n) is 14.1. The number of carboxylic acids is 1. The standard InChI is InChI=1S/C23H25N3O2S.C22H23N3O2S.C16H18N2O3S/c1-26(2)16-12-13-17(18(14-16)22(27)24-15-8-5-4-6-9-15)23-25-19-10-7-11-20(28-3)21(19)29-23;1-25(2)15-11-12-16(22-24-18-9-6-10-19(26)20(18)28-22)17(13-15)21(27)23-14-7-4-3-5-8-14;1-18(2)9-6-7-10(11(8-9)16(20)21)15-17-12-4-3-5-13(19)14(12)22-15/h4-6,8-9,12-14,20H,7,10-11H2,1-3H3,(H,24,27);3-5,7-8,11-13,19,26H,6,9-10H2,1-2H3,(H,23,27);6-8,13,19H,3-5H2,1-2H3,(H,20,21). The minimum absolute atomic E-state index is 0.104. The van der Waals surface area contributed by atoms with E-state index in [4.69, 9.17) is 14.7 Å². The van der Waals surface area contributed by atoms with Gasteiger partial charge in [-0.2, -0.15) is 0 Å². The summed E-state index contributed by atoms with van der Waals surface area (Å²) in [7, 11) is 13.3. The summed E-state index contributed by atoms with van der Waals surface area (Å²) in [6.07, 6.45) is 7.37. The number of anilines is 5. The molecule has 3 aliphatic rings. The molecule has 0 fully saturated rings. The van der Waals surface area contributed by atoms with Gasteiger partial charge in [-0.15, -0.1) is 34.0 Å². The van der Waals surface area contributed by atoms with E-state index in [1.165, 1.54) is 27.6 Å². The van der Waals surface area contributed by atoms with Crippen LogP contribution in [0.4, 0.5) is 28.4 Å². The fourth-order valence-corrected chi connectivity index (χ4v) is 13.3. The molecule has 11 rings (SSSR count). The molecule has 3 atom stereocenters. The van der Waals surface area contributed by atoms with Gasteiger partial charge in [-0.3, -0.25) is 9.59 Å². The van der Waals surface area contributed by atoms with Gasteiger partial charge in [-0.1, -0.05) is 36.4 Å². The van der Waals surface area contributed by atoms with Crippen molar-refractivity contribution in [1.29, 1.82) is 0 Å². The number of aryl methyl sites for hydroxylation is 3. The normalized spacial score (nSPS) is 16.1. The maximum Gasteiger partial charge on any atom is 0.336 e. The lowest BCUT2D eigenvalue weighted by atomic mass is 10.0. The fraction of sp³-hybridized carbons (Fsp3) is 0.311. The van der Waals surface area contributed by atoms with Gasteiger partial charge >= 0.3 is 5.97 Å². The Morgan fingerprint density at radius 3 is 1.23 bits per heavy atom.